The Morgan fingerprint density at radius 3 is 3.00 bits per heavy atom. The number of rotatable bonds is 1. The lowest BCUT2D eigenvalue weighted by molar-refractivity contribution is 0.865. The van der Waals surface area contributed by atoms with Crippen LogP contribution in [0.3, 0.4) is 0 Å². The van der Waals surface area contributed by atoms with Crippen LogP contribution in [0.1, 0.15) is 12.5 Å². The van der Waals surface area contributed by atoms with Crippen LogP contribution in [0.2, 0.25) is 5.02 Å². The number of hydrogen-bond acceptors (Lipinski definition) is 4. The largest absolute Gasteiger partial charge is 0.334 e. The maximum absolute atomic E-state index is 8.71. The van der Waals surface area contributed by atoms with Gasteiger partial charge in [0.05, 0.1) is 28.4 Å². The number of nitrogens with one attached hydrogen (secondary N) is 1. The minimum absolute atomic E-state index is 0.352. The molecule has 1 aromatic rings. The van der Waals surface area contributed by atoms with Crippen molar-refractivity contribution in [1.29, 1.82) is 5.26 Å². The van der Waals surface area contributed by atoms with Crippen molar-refractivity contribution in [3.8, 4) is 6.07 Å². The molecule has 1 aliphatic rings. The molecule has 0 spiro atoms. The molecule has 0 radical (unpaired) electrons. The molecule has 3 nitrogen and oxygen atoms in total. The van der Waals surface area contributed by atoms with E-state index in [1.165, 1.54) is 0 Å². The van der Waals surface area contributed by atoms with Gasteiger partial charge >= 0.3 is 0 Å². The zero-order valence-corrected chi connectivity index (χ0v) is 10.3. The van der Waals surface area contributed by atoms with Gasteiger partial charge in [0.1, 0.15) is 0 Å². The SMILES string of the molecule is CC1CSC(Nc2ccc(C#N)cc2Cl)=N1. The average Bonchev–Trinajstić information content (AvgIpc) is 2.67. The normalized spacial score (nSPS) is 19.1. The maximum Gasteiger partial charge on any atom is 0.161 e. The quantitative estimate of drug-likeness (QED) is 0.834. The van der Waals surface area contributed by atoms with Crippen molar-refractivity contribution >= 4 is 34.2 Å². The first-order valence-corrected chi connectivity index (χ1v) is 6.22. The maximum atomic E-state index is 8.71. The highest BCUT2D eigenvalue weighted by Gasteiger charge is 2.14. The molecular weight excluding hydrogens is 242 g/mol. The Morgan fingerprint density at radius 1 is 1.62 bits per heavy atom. The molecule has 16 heavy (non-hydrogen) atoms. The van der Waals surface area contributed by atoms with Crippen molar-refractivity contribution in [1.82, 2.24) is 0 Å². The Labute approximate surface area is 104 Å². The molecule has 1 aromatic carbocycles. The summed E-state index contributed by atoms with van der Waals surface area (Å²) in [5.41, 5.74) is 1.35. The lowest BCUT2D eigenvalue weighted by Gasteiger charge is -2.06. The molecule has 0 saturated heterocycles. The summed E-state index contributed by atoms with van der Waals surface area (Å²) in [4.78, 5) is 4.41. The summed E-state index contributed by atoms with van der Waals surface area (Å²) in [6, 6.07) is 7.58. The molecule has 82 valence electrons. The number of halogens is 1. The van der Waals surface area contributed by atoms with E-state index >= 15 is 0 Å². The zero-order valence-electron chi connectivity index (χ0n) is 8.70. The first kappa shape index (κ1) is 11.3. The van der Waals surface area contributed by atoms with Crippen LogP contribution >= 0.6 is 23.4 Å². The Bertz CT molecular complexity index is 479. The Balaban J connectivity index is 2.17. The van der Waals surface area contributed by atoms with Crippen molar-refractivity contribution in [2.45, 2.75) is 13.0 Å². The number of benzene rings is 1. The number of thioether (sulfide) groups is 1. The molecule has 0 fully saturated rings. The fraction of sp³-hybridized carbons (Fsp3) is 0.273. The van der Waals surface area contributed by atoms with Gasteiger partial charge in [0, 0.05) is 5.75 Å². The number of anilines is 1. The highest BCUT2D eigenvalue weighted by molar-refractivity contribution is 8.14. The molecule has 0 saturated carbocycles. The van der Waals surface area contributed by atoms with Crippen LogP contribution in [0.5, 0.6) is 0 Å². The summed E-state index contributed by atoms with van der Waals surface area (Å²) in [6.07, 6.45) is 0. The molecule has 1 atom stereocenters. The summed E-state index contributed by atoms with van der Waals surface area (Å²) in [5.74, 6) is 0.996. The van der Waals surface area contributed by atoms with E-state index < -0.39 is 0 Å². The molecule has 0 bridgehead atoms. The first-order valence-electron chi connectivity index (χ1n) is 4.86. The van der Waals surface area contributed by atoms with Crippen molar-refractivity contribution in [3.05, 3.63) is 28.8 Å². The fourth-order valence-electron chi connectivity index (χ4n) is 1.34. The number of aliphatic imine (C=N–C) groups is 1. The predicted molar refractivity (Wildman–Crippen MR) is 69.1 cm³/mol. The summed E-state index contributed by atoms with van der Waals surface area (Å²) in [5, 5.41) is 13.3. The van der Waals surface area contributed by atoms with Crippen molar-refractivity contribution in [2.75, 3.05) is 11.1 Å². The predicted octanol–water partition coefficient (Wildman–Crippen LogP) is 3.11. The van der Waals surface area contributed by atoms with Gasteiger partial charge in [0.25, 0.3) is 0 Å². The molecular formula is C11H10ClN3S. The van der Waals surface area contributed by atoms with Crippen molar-refractivity contribution in [2.24, 2.45) is 4.99 Å². The topological polar surface area (TPSA) is 48.2 Å². The van der Waals surface area contributed by atoms with Gasteiger partial charge in [0.15, 0.2) is 5.17 Å². The Kier molecular flexibility index (Phi) is 3.37. The van der Waals surface area contributed by atoms with Crippen LogP contribution in [0.25, 0.3) is 0 Å². The molecule has 0 amide bonds. The number of hydrogen-bond donors (Lipinski definition) is 1. The van der Waals surface area contributed by atoms with E-state index in [9.17, 15) is 0 Å². The van der Waals surface area contributed by atoms with Gasteiger partial charge < -0.3 is 5.32 Å². The summed E-state index contributed by atoms with van der Waals surface area (Å²) in [6.45, 7) is 2.07. The molecule has 0 aromatic heterocycles. The molecule has 1 N–H and O–H groups in total. The third-order valence-corrected chi connectivity index (χ3v) is 3.58. The highest BCUT2D eigenvalue weighted by atomic mass is 35.5. The van der Waals surface area contributed by atoms with E-state index in [4.69, 9.17) is 16.9 Å². The van der Waals surface area contributed by atoms with E-state index in [0.29, 0.717) is 16.6 Å². The molecule has 5 heteroatoms. The first-order chi connectivity index (χ1) is 7.69. The van der Waals surface area contributed by atoms with Crippen LogP contribution in [0, 0.1) is 11.3 Å². The summed E-state index contributed by atoms with van der Waals surface area (Å²) >= 11 is 7.72. The van der Waals surface area contributed by atoms with Gasteiger partial charge in [-0.15, -0.1) is 0 Å². The molecule has 0 aliphatic carbocycles. The third-order valence-electron chi connectivity index (χ3n) is 2.14. The van der Waals surface area contributed by atoms with Gasteiger partial charge in [-0.05, 0) is 25.1 Å². The van der Waals surface area contributed by atoms with E-state index in [0.717, 1.165) is 16.6 Å². The lowest BCUT2D eigenvalue weighted by Crippen LogP contribution is -2.05. The summed E-state index contributed by atoms with van der Waals surface area (Å²) < 4.78 is 0. The molecule has 2 rings (SSSR count). The van der Waals surface area contributed by atoms with Gasteiger partial charge in [-0.3, -0.25) is 4.99 Å². The monoisotopic (exact) mass is 251 g/mol. The second-order valence-electron chi connectivity index (χ2n) is 3.53. The van der Waals surface area contributed by atoms with Crippen LogP contribution < -0.4 is 5.32 Å². The van der Waals surface area contributed by atoms with Crippen LogP contribution in [0.15, 0.2) is 23.2 Å². The molecule has 1 unspecified atom stereocenters. The minimum Gasteiger partial charge on any atom is -0.334 e. The van der Waals surface area contributed by atoms with E-state index in [2.05, 4.69) is 17.2 Å². The Hall–Kier alpha value is -1.18. The van der Waals surface area contributed by atoms with Gasteiger partial charge in [0.2, 0.25) is 0 Å². The van der Waals surface area contributed by atoms with Crippen molar-refractivity contribution < 1.29 is 0 Å². The third kappa shape index (κ3) is 2.49. The number of amidine groups is 1. The average molecular weight is 252 g/mol. The van der Waals surface area contributed by atoms with E-state index in [1.54, 1.807) is 30.0 Å². The highest BCUT2D eigenvalue weighted by Crippen LogP contribution is 2.26. The van der Waals surface area contributed by atoms with Crippen LogP contribution in [-0.2, 0) is 0 Å². The zero-order chi connectivity index (χ0) is 11.5. The molecule has 1 heterocycles. The van der Waals surface area contributed by atoms with Crippen LogP contribution in [0.4, 0.5) is 5.69 Å². The lowest BCUT2D eigenvalue weighted by atomic mass is 10.2. The summed E-state index contributed by atoms with van der Waals surface area (Å²) in [7, 11) is 0. The van der Waals surface area contributed by atoms with Crippen molar-refractivity contribution in [3.63, 3.8) is 0 Å². The minimum atomic E-state index is 0.352. The van der Waals surface area contributed by atoms with Gasteiger partial charge in [-0.2, -0.15) is 5.26 Å². The van der Waals surface area contributed by atoms with E-state index in [-0.39, 0.29) is 0 Å². The number of nitriles is 1. The molecule has 1 aliphatic heterocycles. The van der Waals surface area contributed by atoms with Gasteiger partial charge in [-0.1, -0.05) is 23.4 Å². The fourth-order valence-corrected chi connectivity index (χ4v) is 2.48. The van der Waals surface area contributed by atoms with Crippen LogP contribution in [-0.4, -0.2) is 17.0 Å². The Morgan fingerprint density at radius 2 is 2.44 bits per heavy atom. The smallest absolute Gasteiger partial charge is 0.161 e. The second kappa shape index (κ2) is 4.77. The standard InChI is InChI=1S/C11H10ClN3S/c1-7-6-16-11(14-7)15-10-3-2-8(5-13)4-9(10)12/h2-4,7H,6H2,1H3,(H,14,15). The second-order valence-corrected chi connectivity index (χ2v) is 4.94. The van der Waals surface area contributed by atoms with Gasteiger partial charge in [-0.25, -0.2) is 0 Å². The number of nitrogens with zero attached hydrogens (tertiary/aromatic N) is 2. The van der Waals surface area contributed by atoms with E-state index in [1.807, 2.05) is 6.07 Å².